The molecule has 0 spiro atoms. The Morgan fingerprint density at radius 1 is 1.12 bits per heavy atom. The van der Waals surface area contributed by atoms with Gasteiger partial charge >= 0.3 is 15.6 Å². The molecule has 0 heterocycles. The smallest absolute Gasteiger partial charge is 0.381 e. The molecule has 0 aromatic heterocycles. The standard InChI is InChI=1S/C18H27F3O3S/c1-2-3-14-4-6-15(7-5-14)8-9-16-10-12-17(13-11-16)24-25(22,23)18(19,20)21/h8-9,12,14-16H,2-7,10-11,13H2,1H3/b9-8+. The Bertz CT molecular complexity index is 585. The van der Waals surface area contributed by atoms with Crippen molar-refractivity contribution in [2.75, 3.05) is 0 Å². The monoisotopic (exact) mass is 380 g/mol. The van der Waals surface area contributed by atoms with Gasteiger partial charge in [0, 0.05) is 6.42 Å². The topological polar surface area (TPSA) is 43.4 Å². The van der Waals surface area contributed by atoms with Gasteiger partial charge in [-0.15, -0.1) is 0 Å². The summed E-state index contributed by atoms with van der Waals surface area (Å²) in [7, 11) is -5.54. The molecule has 1 saturated carbocycles. The van der Waals surface area contributed by atoms with Crippen molar-refractivity contribution in [2.45, 2.75) is 70.2 Å². The average Bonchev–Trinajstić information content (AvgIpc) is 2.54. The second kappa shape index (κ2) is 8.60. The summed E-state index contributed by atoms with van der Waals surface area (Å²) < 4.78 is 63.2. The summed E-state index contributed by atoms with van der Waals surface area (Å²) in [5.74, 6) is 1.61. The molecule has 1 unspecified atom stereocenters. The maximum Gasteiger partial charge on any atom is 0.534 e. The molecule has 3 nitrogen and oxygen atoms in total. The van der Waals surface area contributed by atoms with Crippen LogP contribution in [-0.4, -0.2) is 13.9 Å². The van der Waals surface area contributed by atoms with Gasteiger partial charge in [0.2, 0.25) is 0 Å². The Morgan fingerprint density at radius 3 is 2.28 bits per heavy atom. The van der Waals surface area contributed by atoms with Crippen LogP contribution in [0.4, 0.5) is 13.2 Å². The minimum Gasteiger partial charge on any atom is -0.381 e. The number of halogens is 3. The van der Waals surface area contributed by atoms with Crippen LogP contribution in [0.15, 0.2) is 24.0 Å². The zero-order valence-electron chi connectivity index (χ0n) is 14.6. The Hall–Kier alpha value is -0.980. The van der Waals surface area contributed by atoms with Gasteiger partial charge in [-0.1, -0.05) is 31.9 Å². The fraction of sp³-hybridized carbons (Fsp3) is 0.778. The zero-order valence-corrected chi connectivity index (χ0v) is 15.4. The van der Waals surface area contributed by atoms with Crippen molar-refractivity contribution in [1.82, 2.24) is 0 Å². The molecule has 2 aliphatic carbocycles. The van der Waals surface area contributed by atoms with E-state index < -0.39 is 15.6 Å². The molecule has 0 amide bonds. The fourth-order valence-corrected chi connectivity index (χ4v) is 4.19. The van der Waals surface area contributed by atoms with Crippen LogP contribution in [0.3, 0.4) is 0 Å². The van der Waals surface area contributed by atoms with E-state index in [0.717, 1.165) is 5.92 Å². The third-order valence-electron chi connectivity index (χ3n) is 5.15. The third kappa shape index (κ3) is 6.04. The lowest BCUT2D eigenvalue weighted by molar-refractivity contribution is -0.0524. The van der Waals surface area contributed by atoms with Crippen LogP contribution in [0.2, 0.25) is 0 Å². The first kappa shape index (κ1) is 20.3. The predicted octanol–water partition coefficient (Wildman–Crippen LogP) is 5.70. The normalized spacial score (nSPS) is 28.8. The highest BCUT2D eigenvalue weighted by atomic mass is 32.2. The molecule has 7 heteroatoms. The van der Waals surface area contributed by atoms with Crippen molar-refractivity contribution in [3.05, 3.63) is 24.0 Å². The molecule has 0 bridgehead atoms. The van der Waals surface area contributed by atoms with Crippen molar-refractivity contribution < 1.29 is 25.8 Å². The largest absolute Gasteiger partial charge is 0.534 e. The van der Waals surface area contributed by atoms with Gasteiger partial charge in [0.1, 0.15) is 5.76 Å². The maximum absolute atomic E-state index is 12.3. The molecule has 0 N–H and O–H groups in total. The number of rotatable bonds is 6. The number of allylic oxidation sites excluding steroid dienone is 4. The molecule has 0 aromatic carbocycles. The minimum absolute atomic E-state index is 0.0953. The van der Waals surface area contributed by atoms with Crippen LogP contribution < -0.4 is 0 Å². The summed E-state index contributed by atoms with van der Waals surface area (Å²) >= 11 is 0. The summed E-state index contributed by atoms with van der Waals surface area (Å²) in [4.78, 5) is 0. The molecule has 25 heavy (non-hydrogen) atoms. The van der Waals surface area contributed by atoms with E-state index in [4.69, 9.17) is 0 Å². The van der Waals surface area contributed by atoms with E-state index in [0.29, 0.717) is 18.8 Å². The molecule has 0 saturated heterocycles. The van der Waals surface area contributed by atoms with E-state index >= 15 is 0 Å². The lowest BCUT2D eigenvalue weighted by Crippen LogP contribution is -2.26. The fourth-order valence-electron chi connectivity index (χ4n) is 3.66. The van der Waals surface area contributed by atoms with Gasteiger partial charge in [0.05, 0.1) is 0 Å². The van der Waals surface area contributed by atoms with Crippen LogP contribution in [0, 0.1) is 17.8 Å². The van der Waals surface area contributed by atoms with Crippen LogP contribution in [0.1, 0.15) is 64.7 Å². The molecular formula is C18H27F3O3S. The van der Waals surface area contributed by atoms with Gasteiger partial charge in [-0.2, -0.15) is 21.6 Å². The highest BCUT2D eigenvalue weighted by Gasteiger charge is 2.48. The van der Waals surface area contributed by atoms with Crippen LogP contribution >= 0.6 is 0 Å². The lowest BCUT2D eigenvalue weighted by atomic mass is 9.79. The summed E-state index contributed by atoms with van der Waals surface area (Å²) in [6.45, 7) is 2.22. The first-order valence-electron chi connectivity index (χ1n) is 9.09. The molecule has 0 aliphatic heterocycles. The minimum atomic E-state index is -5.54. The quantitative estimate of drug-likeness (QED) is 0.337. The van der Waals surface area contributed by atoms with Crippen LogP contribution in [0.25, 0.3) is 0 Å². The second-order valence-electron chi connectivity index (χ2n) is 7.14. The lowest BCUT2D eigenvalue weighted by Gasteiger charge is -2.27. The third-order valence-corrected chi connectivity index (χ3v) is 6.15. The highest BCUT2D eigenvalue weighted by molar-refractivity contribution is 7.87. The molecule has 0 radical (unpaired) electrons. The Balaban J connectivity index is 1.79. The predicted molar refractivity (Wildman–Crippen MR) is 91.0 cm³/mol. The summed E-state index contributed by atoms with van der Waals surface area (Å²) in [5, 5.41) is 0. The van der Waals surface area contributed by atoms with Crippen molar-refractivity contribution in [1.29, 1.82) is 0 Å². The molecule has 0 aromatic rings. The van der Waals surface area contributed by atoms with Crippen LogP contribution in [0.5, 0.6) is 0 Å². The van der Waals surface area contributed by atoms with E-state index in [-0.39, 0.29) is 18.1 Å². The molecule has 2 rings (SSSR count). The van der Waals surface area contributed by atoms with Gasteiger partial charge in [-0.3, -0.25) is 0 Å². The second-order valence-corrected chi connectivity index (χ2v) is 8.68. The van der Waals surface area contributed by atoms with Crippen molar-refractivity contribution in [2.24, 2.45) is 17.8 Å². The highest BCUT2D eigenvalue weighted by Crippen LogP contribution is 2.34. The summed E-state index contributed by atoms with van der Waals surface area (Å²) in [6.07, 6.45) is 14.8. The van der Waals surface area contributed by atoms with Crippen molar-refractivity contribution in [3.63, 3.8) is 0 Å². The Labute approximate surface area is 148 Å². The summed E-state index contributed by atoms with van der Waals surface area (Å²) in [5.41, 5.74) is -5.37. The maximum atomic E-state index is 12.3. The molecule has 1 fully saturated rings. The Morgan fingerprint density at radius 2 is 1.76 bits per heavy atom. The molecule has 144 valence electrons. The van der Waals surface area contributed by atoms with Crippen molar-refractivity contribution in [3.8, 4) is 0 Å². The van der Waals surface area contributed by atoms with Gasteiger partial charge < -0.3 is 4.18 Å². The van der Waals surface area contributed by atoms with Crippen LogP contribution in [-0.2, 0) is 14.3 Å². The molecule has 2 aliphatic rings. The van der Waals surface area contributed by atoms with E-state index in [1.54, 1.807) is 0 Å². The summed E-state index contributed by atoms with van der Waals surface area (Å²) in [6, 6.07) is 0. The Kier molecular flexibility index (Phi) is 7.00. The van der Waals surface area contributed by atoms with E-state index in [1.807, 2.05) is 0 Å². The first-order chi connectivity index (χ1) is 11.7. The van der Waals surface area contributed by atoms with Gasteiger partial charge in [0.15, 0.2) is 0 Å². The molecular weight excluding hydrogens is 353 g/mol. The van der Waals surface area contributed by atoms with E-state index in [2.05, 4.69) is 23.3 Å². The van der Waals surface area contributed by atoms with Gasteiger partial charge in [-0.05, 0) is 62.4 Å². The van der Waals surface area contributed by atoms with Gasteiger partial charge in [-0.25, -0.2) is 0 Å². The van der Waals surface area contributed by atoms with Crippen molar-refractivity contribution >= 4 is 10.1 Å². The average molecular weight is 380 g/mol. The number of alkyl halides is 3. The number of hydrogen-bond acceptors (Lipinski definition) is 3. The van der Waals surface area contributed by atoms with Gasteiger partial charge in [0.25, 0.3) is 0 Å². The SMILES string of the molecule is CCCC1CCC(/C=C/C2CC=C(OS(=O)(=O)C(F)(F)F)CC2)CC1. The van der Waals surface area contributed by atoms with E-state index in [1.165, 1.54) is 44.6 Å². The zero-order chi connectivity index (χ0) is 18.5. The first-order valence-corrected chi connectivity index (χ1v) is 10.5. The van der Waals surface area contributed by atoms with E-state index in [9.17, 15) is 21.6 Å². The number of hydrogen-bond donors (Lipinski definition) is 0. The molecule has 1 atom stereocenters.